The number of aliphatic hydroxyl groups is 2. The van der Waals surface area contributed by atoms with Crippen molar-refractivity contribution in [3.8, 4) is 0 Å². The van der Waals surface area contributed by atoms with Crippen LogP contribution in [0.4, 0.5) is 0 Å². The summed E-state index contributed by atoms with van der Waals surface area (Å²) in [7, 11) is -4.00. The Bertz CT molecular complexity index is 375. The fourth-order valence-corrected chi connectivity index (χ4v) is 1.38. The van der Waals surface area contributed by atoms with Crippen molar-refractivity contribution in [1.29, 1.82) is 0 Å². The van der Waals surface area contributed by atoms with Gasteiger partial charge in [0.15, 0.2) is 0 Å². The summed E-state index contributed by atoms with van der Waals surface area (Å²) >= 11 is 0. The fourth-order valence-electron chi connectivity index (χ4n) is 0.876. The minimum absolute atomic E-state index is 0.0741. The molecule has 4 N–H and O–H groups in total. The van der Waals surface area contributed by atoms with Gasteiger partial charge >= 0.3 is 0 Å². The molecule has 1 rings (SSSR count). The Kier molecular flexibility index (Phi) is 8.55. The number of rotatable bonds is 5. The third kappa shape index (κ3) is 8.78. The van der Waals surface area contributed by atoms with Crippen molar-refractivity contribution in [3.63, 3.8) is 0 Å². The minimum atomic E-state index is -4.00. The third-order valence-corrected chi connectivity index (χ3v) is 2.49. The van der Waals surface area contributed by atoms with Crippen LogP contribution in [0.5, 0.6) is 0 Å². The molecule has 0 radical (unpaired) electrons. The number of nitrogens with one attached hydrogen (secondary N) is 1. The zero-order valence-electron chi connectivity index (χ0n) is 9.28. The highest BCUT2D eigenvalue weighted by molar-refractivity contribution is 7.85. The van der Waals surface area contributed by atoms with Crippen LogP contribution in [0.2, 0.25) is 0 Å². The highest BCUT2D eigenvalue weighted by atomic mass is 32.2. The maximum Gasteiger partial charge on any atom is 0.294 e. The molecule has 0 saturated carbocycles. The van der Waals surface area contributed by atoms with E-state index in [1.165, 1.54) is 12.1 Å². The van der Waals surface area contributed by atoms with E-state index in [4.69, 9.17) is 14.8 Å². The molecule has 0 unspecified atom stereocenters. The summed E-state index contributed by atoms with van der Waals surface area (Å²) in [5, 5.41) is 19.1. The lowest BCUT2D eigenvalue weighted by molar-refractivity contribution is 0.266. The number of hydrogen-bond donors (Lipinski definition) is 4. The van der Waals surface area contributed by atoms with Crippen LogP contribution in [-0.4, -0.2) is 49.5 Å². The number of aliphatic hydroxyl groups excluding tert-OH is 2. The van der Waals surface area contributed by atoms with Crippen LogP contribution in [0.25, 0.3) is 0 Å². The Morgan fingerprint density at radius 3 is 1.76 bits per heavy atom. The van der Waals surface area contributed by atoms with E-state index in [-0.39, 0.29) is 18.1 Å². The molecule has 0 aliphatic rings. The first-order valence-electron chi connectivity index (χ1n) is 4.97. The maximum atomic E-state index is 10.4. The summed E-state index contributed by atoms with van der Waals surface area (Å²) in [6.07, 6.45) is 0. The first kappa shape index (κ1) is 16.0. The molecule has 0 atom stereocenters. The summed E-state index contributed by atoms with van der Waals surface area (Å²) in [6, 6.07) is 7.42. The van der Waals surface area contributed by atoms with Crippen LogP contribution in [0, 0.1) is 0 Å². The van der Waals surface area contributed by atoms with Crippen molar-refractivity contribution < 1.29 is 23.2 Å². The van der Waals surface area contributed by atoms with E-state index >= 15 is 0 Å². The lowest BCUT2D eigenvalue weighted by Crippen LogP contribution is -2.21. The molecule has 7 heteroatoms. The van der Waals surface area contributed by atoms with E-state index in [1.54, 1.807) is 18.2 Å². The second-order valence-electron chi connectivity index (χ2n) is 2.99. The van der Waals surface area contributed by atoms with E-state index in [9.17, 15) is 8.42 Å². The van der Waals surface area contributed by atoms with Gasteiger partial charge < -0.3 is 15.5 Å². The van der Waals surface area contributed by atoms with Crippen molar-refractivity contribution in [2.45, 2.75) is 4.90 Å². The van der Waals surface area contributed by atoms with Gasteiger partial charge in [-0.25, -0.2) is 0 Å². The normalized spacial score (nSPS) is 10.5. The van der Waals surface area contributed by atoms with E-state index in [0.29, 0.717) is 13.1 Å². The average molecular weight is 263 g/mol. The Labute approximate surface area is 101 Å². The Morgan fingerprint density at radius 2 is 1.47 bits per heavy atom. The van der Waals surface area contributed by atoms with E-state index in [0.717, 1.165) is 0 Å². The number of hydrogen-bond acceptors (Lipinski definition) is 5. The molecule has 0 bridgehead atoms. The second kappa shape index (κ2) is 9.08. The predicted octanol–water partition coefficient (Wildman–Crippen LogP) is -0.506. The zero-order valence-corrected chi connectivity index (χ0v) is 10.1. The number of benzene rings is 1. The van der Waals surface area contributed by atoms with Gasteiger partial charge in [-0.05, 0) is 12.1 Å². The Hall–Kier alpha value is -0.990. The summed E-state index contributed by atoms with van der Waals surface area (Å²) < 4.78 is 29.2. The van der Waals surface area contributed by atoms with Gasteiger partial charge in [0.1, 0.15) is 0 Å². The summed E-state index contributed by atoms with van der Waals surface area (Å²) in [4.78, 5) is -0.0741. The molecule has 0 aromatic heterocycles. The molecule has 6 nitrogen and oxygen atoms in total. The van der Waals surface area contributed by atoms with Gasteiger partial charge in [0.25, 0.3) is 10.1 Å². The first-order chi connectivity index (χ1) is 8.02. The Morgan fingerprint density at radius 1 is 1.00 bits per heavy atom. The van der Waals surface area contributed by atoms with Crippen LogP contribution in [0.1, 0.15) is 0 Å². The molecule has 0 aliphatic carbocycles. The predicted molar refractivity (Wildman–Crippen MR) is 63.3 cm³/mol. The van der Waals surface area contributed by atoms with Crippen LogP contribution >= 0.6 is 0 Å². The third-order valence-electron chi connectivity index (χ3n) is 1.62. The van der Waals surface area contributed by atoms with E-state index < -0.39 is 10.1 Å². The van der Waals surface area contributed by atoms with Crippen molar-refractivity contribution in [2.75, 3.05) is 26.3 Å². The molecule has 0 aliphatic heterocycles. The van der Waals surface area contributed by atoms with Crippen LogP contribution < -0.4 is 5.32 Å². The van der Waals surface area contributed by atoms with Crippen molar-refractivity contribution in [3.05, 3.63) is 30.3 Å². The van der Waals surface area contributed by atoms with Gasteiger partial charge in [-0.1, -0.05) is 18.2 Å². The highest BCUT2D eigenvalue weighted by Gasteiger charge is 2.05. The minimum Gasteiger partial charge on any atom is -0.395 e. The highest BCUT2D eigenvalue weighted by Crippen LogP contribution is 2.05. The molecule has 17 heavy (non-hydrogen) atoms. The van der Waals surface area contributed by atoms with Crippen molar-refractivity contribution in [2.24, 2.45) is 0 Å². The summed E-state index contributed by atoms with van der Waals surface area (Å²) in [5.41, 5.74) is 0. The van der Waals surface area contributed by atoms with Gasteiger partial charge in [-0.2, -0.15) is 8.42 Å². The molecular formula is C10H17NO5S. The standard InChI is InChI=1S/C6H6O3S.C4H11NO2/c7-10(8,9)6-4-2-1-3-5-6;6-3-1-5-2-4-7/h1-5H,(H,7,8,9);5-7H,1-4H2. The largest absolute Gasteiger partial charge is 0.395 e. The lowest BCUT2D eigenvalue weighted by atomic mass is 10.4. The topological polar surface area (TPSA) is 107 Å². The summed E-state index contributed by atoms with van der Waals surface area (Å²) in [5.74, 6) is 0. The van der Waals surface area contributed by atoms with Crippen molar-refractivity contribution >= 4 is 10.1 Å². The van der Waals surface area contributed by atoms with Crippen LogP contribution in [0.15, 0.2) is 35.2 Å². The average Bonchev–Trinajstić information content (AvgIpc) is 2.31. The monoisotopic (exact) mass is 263 g/mol. The van der Waals surface area contributed by atoms with Gasteiger partial charge in [0.05, 0.1) is 18.1 Å². The van der Waals surface area contributed by atoms with E-state index in [2.05, 4.69) is 5.32 Å². The quantitative estimate of drug-likeness (QED) is 0.421. The molecule has 98 valence electrons. The van der Waals surface area contributed by atoms with Crippen molar-refractivity contribution in [1.82, 2.24) is 5.32 Å². The van der Waals surface area contributed by atoms with Gasteiger partial charge in [0.2, 0.25) is 0 Å². The molecule has 0 heterocycles. The second-order valence-corrected chi connectivity index (χ2v) is 4.41. The SMILES string of the molecule is O=S(=O)(O)c1ccccc1.OCCNCCO. The lowest BCUT2D eigenvalue weighted by Gasteiger charge is -1.94. The van der Waals surface area contributed by atoms with Gasteiger partial charge in [-0.15, -0.1) is 0 Å². The summed E-state index contributed by atoms with van der Waals surface area (Å²) in [6.45, 7) is 1.42. The van der Waals surface area contributed by atoms with Gasteiger partial charge in [0, 0.05) is 13.1 Å². The van der Waals surface area contributed by atoms with Crippen LogP contribution in [0.3, 0.4) is 0 Å². The van der Waals surface area contributed by atoms with Gasteiger partial charge in [-0.3, -0.25) is 4.55 Å². The van der Waals surface area contributed by atoms with E-state index in [1.807, 2.05) is 0 Å². The molecule has 0 spiro atoms. The Balaban J connectivity index is 0.000000325. The molecule has 0 amide bonds. The molecule has 0 fully saturated rings. The maximum absolute atomic E-state index is 10.4. The fraction of sp³-hybridized carbons (Fsp3) is 0.400. The molecule has 1 aromatic rings. The molecule has 0 saturated heterocycles. The van der Waals surface area contributed by atoms with Crippen LogP contribution in [-0.2, 0) is 10.1 Å². The smallest absolute Gasteiger partial charge is 0.294 e. The zero-order chi connectivity index (χ0) is 13.1. The first-order valence-corrected chi connectivity index (χ1v) is 6.41. The molecule has 1 aromatic carbocycles. The molecular weight excluding hydrogens is 246 g/mol.